The van der Waals surface area contributed by atoms with Gasteiger partial charge in [-0.1, -0.05) is 0 Å². The lowest BCUT2D eigenvalue weighted by Crippen LogP contribution is -2.21. The molecule has 6 nitrogen and oxygen atoms in total. The number of nitrogens with one attached hydrogen (secondary N) is 1. The topological polar surface area (TPSA) is 84.9 Å². The van der Waals surface area contributed by atoms with E-state index < -0.39 is 11.9 Å². The van der Waals surface area contributed by atoms with E-state index in [-0.39, 0.29) is 11.3 Å². The summed E-state index contributed by atoms with van der Waals surface area (Å²) in [6, 6.07) is 4.30. The molecule has 0 radical (unpaired) electrons. The minimum atomic E-state index is -1.04. The van der Waals surface area contributed by atoms with Crippen molar-refractivity contribution in [1.82, 2.24) is 0 Å². The number of hydrogen-bond donors (Lipinski definition) is 2. The van der Waals surface area contributed by atoms with Gasteiger partial charge < -0.3 is 19.9 Å². The minimum absolute atomic E-state index is 0.0838. The number of rotatable bonds is 3. The molecule has 1 heterocycles. The molecule has 0 saturated heterocycles. The average molecular weight is 328 g/mol. The van der Waals surface area contributed by atoms with Crippen molar-refractivity contribution < 1.29 is 24.2 Å². The van der Waals surface area contributed by atoms with Crippen molar-refractivity contribution >= 4 is 33.5 Å². The largest absolute Gasteiger partial charge is 0.494 e. The number of aromatic carboxylic acids is 1. The van der Waals surface area contributed by atoms with Gasteiger partial charge in [-0.3, -0.25) is 4.79 Å². The Labute approximate surface area is 117 Å². The zero-order valence-corrected chi connectivity index (χ0v) is 11.3. The first kappa shape index (κ1) is 13.4. The number of carbonyl (C=O) groups excluding carboxylic acids is 1. The fourth-order valence-corrected chi connectivity index (χ4v) is 1.90. The van der Waals surface area contributed by atoms with Crippen LogP contribution in [0, 0.1) is 0 Å². The molecule has 100 valence electrons. The van der Waals surface area contributed by atoms with E-state index >= 15 is 0 Å². The summed E-state index contributed by atoms with van der Waals surface area (Å²) in [4.78, 5) is 22.6. The maximum absolute atomic E-state index is 11.8. The van der Waals surface area contributed by atoms with Gasteiger partial charge in [-0.05, 0) is 34.1 Å². The highest BCUT2D eigenvalue weighted by Gasteiger charge is 2.16. The summed E-state index contributed by atoms with van der Waals surface area (Å²) in [6.45, 7) is 0.728. The second-order valence-electron chi connectivity index (χ2n) is 3.66. The number of halogens is 1. The maximum Gasteiger partial charge on any atom is 0.335 e. The summed E-state index contributed by atoms with van der Waals surface area (Å²) in [5, 5.41) is 11.4. The molecule has 1 aliphatic rings. The van der Waals surface area contributed by atoms with Crippen molar-refractivity contribution in [2.75, 3.05) is 18.5 Å². The van der Waals surface area contributed by atoms with E-state index in [2.05, 4.69) is 21.2 Å². The molecule has 2 rings (SSSR count). The number of benzene rings is 1. The van der Waals surface area contributed by atoms with Crippen molar-refractivity contribution in [3.05, 3.63) is 40.3 Å². The van der Waals surface area contributed by atoms with Crippen LogP contribution in [-0.4, -0.2) is 30.2 Å². The van der Waals surface area contributed by atoms with Gasteiger partial charge in [0.05, 0.1) is 11.3 Å². The molecular formula is C12H10BrNO5. The lowest BCUT2D eigenvalue weighted by atomic mass is 10.2. The standard InChI is InChI=1S/C12H10BrNO5/c13-8-5-7(12(16)17)1-2-9(8)14-11(15)10-6-18-3-4-19-10/h1-2,5-6H,3-4H2,(H,14,15)(H,16,17). The molecule has 1 amide bonds. The molecule has 1 aliphatic heterocycles. The van der Waals surface area contributed by atoms with Gasteiger partial charge in [0, 0.05) is 4.47 Å². The van der Waals surface area contributed by atoms with E-state index in [4.69, 9.17) is 14.6 Å². The number of amides is 1. The molecule has 0 spiro atoms. The number of hydrogen-bond acceptors (Lipinski definition) is 4. The lowest BCUT2D eigenvalue weighted by molar-refractivity contribution is -0.117. The smallest absolute Gasteiger partial charge is 0.335 e. The van der Waals surface area contributed by atoms with Crippen molar-refractivity contribution in [1.29, 1.82) is 0 Å². The summed E-state index contributed by atoms with van der Waals surface area (Å²) in [6.07, 6.45) is 1.25. The van der Waals surface area contributed by atoms with Gasteiger partial charge in [-0.2, -0.15) is 0 Å². The van der Waals surface area contributed by atoms with E-state index in [1.54, 1.807) is 0 Å². The lowest BCUT2D eigenvalue weighted by Gasteiger charge is -2.15. The van der Waals surface area contributed by atoms with Crippen LogP contribution in [-0.2, 0) is 14.3 Å². The number of carboxylic acids is 1. The summed E-state index contributed by atoms with van der Waals surface area (Å²) >= 11 is 3.20. The van der Waals surface area contributed by atoms with Crippen LogP contribution in [0.2, 0.25) is 0 Å². The second kappa shape index (κ2) is 5.75. The Morgan fingerprint density at radius 1 is 1.32 bits per heavy atom. The van der Waals surface area contributed by atoms with Crippen molar-refractivity contribution in [3.63, 3.8) is 0 Å². The maximum atomic E-state index is 11.8. The average Bonchev–Trinajstić information content (AvgIpc) is 2.41. The van der Waals surface area contributed by atoms with E-state index in [0.717, 1.165) is 0 Å². The first-order valence-corrected chi connectivity index (χ1v) is 6.16. The van der Waals surface area contributed by atoms with E-state index in [1.165, 1.54) is 24.5 Å². The Morgan fingerprint density at radius 3 is 2.68 bits per heavy atom. The van der Waals surface area contributed by atoms with E-state index in [9.17, 15) is 9.59 Å². The van der Waals surface area contributed by atoms with E-state index in [1.807, 2.05) is 0 Å². The molecule has 0 aliphatic carbocycles. The predicted molar refractivity (Wildman–Crippen MR) is 69.7 cm³/mol. The second-order valence-corrected chi connectivity index (χ2v) is 4.51. The number of carbonyl (C=O) groups is 2. The fraction of sp³-hybridized carbons (Fsp3) is 0.167. The zero-order chi connectivity index (χ0) is 13.8. The third-order valence-electron chi connectivity index (χ3n) is 2.34. The van der Waals surface area contributed by atoms with Crippen LogP contribution >= 0.6 is 15.9 Å². The highest BCUT2D eigenvalue weighted by molar-refractivity contribution is 9.10. The Kier molecular flexibility index (Phi) is 4.06. The normalized spacial score (nSPS) is 13.8. The Balaban J connectivity index is 2.13. The number of carboxylic acid groups (broad SMARTS) is 1. The van der Waals surface area contributed by atoms with Crippen molar-refractivity contribution in [2.45, 2.75) is 0 Å². The van der Waals surface area contributed by atoms with Gasteiger partial charge >= 0.3 is 5.97 Å². The van der Waals surface area contributed by atoms with Crippen LogP contribution in [0.1, 0.15) is 10.4 Å². The minimum Gasteiger partial charge on any atom is -0.494 e. The van der Waals surface area contributed by atoms with Gasteiger partial charge in [-0.25, -0.2) is 4.79 Å². The third-order valence-corrected chi connectivity index (χ3v) is 2.99. The molecule has 0 bridgehead atoms. The Hall–Kier alpha value is -2.02. The molecule has 0 saturated carbocycles. The molecule has 0 atom stereocenters. The zero-order valence-electron chi connectivity index (χ0n) is 9.68. The third kappa shape index (κ3) is 3.25. The van der Waals surface area contributed by atoms with Crippen LogP contribution in [0.4, 0.5) is 5.69 Å². The predicted octanol–water partition coefficient (Wildman–Crippen LogP) is 1.97. The molecular weight excluding hydrogens is 318 g/mol. The summed E-state index contributed by atoms with van der Waals surface area (Å²) in [5.41, 5.74) is 0.575. The monoisotopic (exact) mass is 327 g/mol. The molecule has 0 unspecified atom stereocenters. The van der Waals surface area contributed by atoms with Crippen LogP contribution in [0.25, 0.3) is 0 Å². The van der Waals surface area contributed by atoms with Crippen molar-refractivity contribution in [2.24, 2.45) is 0 Å². The van der Waals surface area contributed by atoms with Crippen LogP contribution in [0.3, 0.4) is 0 Å². The molecule has 1 aromatic carbocycles. The number of ether oxygens (including phenoxy) is 2. The molecule has 7 heteroatoms. The number of anilines is 1. The van der Waals surface area contributed by atoms with Gasteiger partial charge in [0.15, 0.2) is 0 Å². The summed E-state index contributed by atoms with van der Waals surface area (Å²) in [5.74, 6) is -1.41. The quantitative estimate of drug-likeness (QED) is 0.886. The van der Waals surface area contributed by atoms with Gasteiger partial charge in [0.2, 0.25) is 5.76 Å². The van der Waals surface area contributed by atoms with Gasteiger partial charge in [-0.15, -0.1) is 0 Å². The Bertz CT molecular complexity index is 555. The van der Waals surface area contributed by atoms with Crippen LogP contribution in [0.5, 0.6) is 0 Å². The fourth-order valence-electron chi connectivity index (χ4n) is 1.42. The molecule has 0 aromatic heterocycles. The van der Waals surface area contributed by atoms with Crippen molar-refractivity contribution in [3.8, 4) is 0 Å². The van der Waals surface area contributed by atoms with Crippen LogP contribution in [0.15, 0.2) is 34.7 Å². The summed E-state index contributed by atoms with van der Waals surface area (Å²) in [7, 11) is 0. The van der Waals surface area contributed by atoms with E-state index in [0.29, 0.717) is 23.4 Å². The molecule has 0 fully saturated rings. The van der Waals surface area contributed by atoms with Crippen LogP contribution < -0.4 is 5.32 Å². The first-order chi connectivity index (χ1) is 9.08. The van der Waals surface area contributed by atoms with Gasteiger partial charge in [0.1, 0.15) is 19.5 Å². The molecule has 1 aromatic rings. The highest BCUT2D eigenvalue weighted by atomic mass is 79.9. The highest BCUT2D eigenvalue weighted by Crippen LogP contribution is 2.24. The summed E-state index contributed by atoms with van der Waals surface area (Å²) < 4.78 is 10.6. The SMILES string of the molecule is O=C(Nc1ccc(C(=O)O)cc1Br)C1=COCCO1. The first-order valence-electron chi connectivity index (χ1n) is 5.36. The molecule has 19 heavy (non-hydrogen) atoms. The van der Waals surface area contributed by atoms with Gasteiger partial charge in [0.25, 0.3) is 5.91 Å². The molecule has 2 N–H and O–H groups in total. The Morgan fingerprint density at radius 2 is 2.11 bits per heavy atom.